The van der Waals surface area contributed by atoms with E-state index < -0.39 is 17.4 Å². The number of hydrogen-bond acceptors (Lipinski definition) is 4. The Labute approximate surface area is 99.8 Å². The number of ether oxygens (including phenoxy) is 1. The van der Waals surface area contributed by atoms with Crippen LogP contribution in [0.25, 0.3) is 0 Å². The third kappa shape index (κ3) is 2.33. The van der Waals surface area contributed by atoms with Crippen LogP contribution in [0, 0.1) is 0 Å². The number of aromatic nitrogens is 1. The number of hydrogen-bond donors (Lipinski definition) is 1. The number of rotatable bonds is 3. The molecule has 88 valence electrons. The molecule has 4 nitrogen and oxygen atoms in total. The van der Waals surface area contributed by atoms with Gasteiger partial charge in [0.25, 0.3) is 0 Å². The van der Waals surface area contributed by atoms with Gasteiger partial charge in [0.1, 0.15) is 6.04 Å². The maximum atomic E-state index is 11.4. The van der Waals surface area contributed by atoms with Gasteiger partial charge in [-0.1, -0.05) is 25.4 Å². The second-order valence-electron chi connectivity index (χ2n) is 4.08. The molecular weight excluding hydrogens is 228 g/mol. The summed E-state index contributed by atoms with van der Waals surface area (Å²) >= 11 is 6.03. The van der Waals surface area contributed by atoms with Gasteiger partial charge in [-0.05, 0) is 11.6 Å². The van der Waals surface area contributed by atoms with E-state index in [0.29, 0.717) is 5.02 Å². The first-order valence-electron chi connectivity index (χ1n) is 4.84. The average Bonchev–Trinajstić information content (AvgIpc) is 2.27. The fourth-order valence-corrected chi connectivity index (χ4v) is 1.85. The summed E-state index contributed by atoms with van der Waals surface area (Å²) in [5, 5.41) is 0.492. The second kappa shape index (κ2) is 4.80. The Morgan fingerprint density at radius 1 is 1.62 bits per heavy atom. The molecule has 0 bridgehead atoms. The summed E-state index contributed by atoms with van der Waals surface area (Å²) in [5.41, 5.74) is 6.03. The van der Waals surface area contributed by atoms with Gasteiger partial charge in [0, 0.05) is 17.8 Å². The number of methoxy groups -OCH3 is 1. The molecule has 2 N–H and O–H groups in total. The largest absolute Gasteiger partial charge is 0.468 e. The third-order valence-electron chi connectivity index (χ3n) is 2.70. The SMILES string of the molecule is COC(=O)C(N)C(C)(C)c1ccncc1Cl. The molecule has 0 aliphatic rings. The predicted molar refractivity (Wildman–Crippen MR) is 62.3 cm³/mol. The fraction of sp³-hybridized carbons (Fsp3) is 0.455. The van der Waals surface area contributed by atoms with Crippen LogP contribution < -0.4 is 5.73 Å². The van der Waals surface area contributed by atoms with Gasteiger partial charge >= 0.3 is 5.97 Å². The van der Waals surface area contributed by atoms with E-state index in [2.05, 4.69) is 9.72 Å². The van der Waals surface area contributed by atoms with Crippen LogP contribution in [0.15, 0.2) is 18.5 Å². The van der Waals surface area contributed by atoms with Crippen LogP contribution in [-0.2, 0) is 14.9 Å². The maximum Gasteiger partial charge on any atom is 0.323 e. The number of nitrogens with two attached hydrogens (primary N) is 1. The predicted octanol–water partition coefficient (Wildman–Crippen LogP) is 1.51. The molecule has 1 rings (SSSR count). The van der Waals surface area contributed by atoms with Crippen molar-refractivity contribution in [2.24, 2.45) is 5.73 Å². The number of halogens is 1. The smallest absolute Gasteiger partial charge is 0.323 e. The summed E-state index contributed by atoms with van der Waals surface area (Å²) in [6.45, 7) is 3.69. The van der Waals surface area contributed by atoms with E-state index in [1.807, 2.05) is 13.8 Å². The lowest BCUT2D eigenvalue weighted by Gasteiger charge is -2.30. The Bertz CT molecular complexity index is 393. The van der Waals surface area contributed by atoms with Gasteiger partial charge in [-0.2, -0.15) is 0 Å². The zero-order valence-electron chi connectivity index (χ0n) is 9.53. The topological polar surface area (TPSA) is 65.2 Å². The van der Waals surface area contributed by atoms with Crippen molar-refractivity contribution in [1.29, 1.82) is 0 Å². The molecule has 0 aliphatic carbocycles. The summed E-state index contributed by atoms with van der Waals surface area (Å²) < 4.78 is 4.64. The van der Waals surface area contributed by atoms with E-state index in [1.54, 1.807) is 12.3 Å². The van der Waals surface area contributed by atoms with Crippen molar-refractivity contribution in [3.05, 3.63) is 29.0 Å². The minimum absolute atomic E-state index is 0.460. The molecule has 0 fully saturated rings. The zero-order chi connectivity index (χ0) is 12.3. The molecule has 0 aliphatic heterocycles. The summed E-state index contributed by atoms with van der Waals surface area (Å²) in [4.78, 5) is 15.3. The summed E-state index contributed by atoms with van der Waals surface area (Å²) in [6.07, 6.45) is 3.15. The van der Waals surface area contributed by atoms with Gasteiger partial charge in [-0.25, -0.2) is 0 Å². The van der Waals surface area contributed by atoms with E-state index in [-0.39, 0.29) is 0 Å². The van der Waals surface area contributed by atoms with Crippen LogP contribution in [0.1, 0.15) is 19.4 Å². The first-order chi connectivity index (χ1) is 7.41. The molecule has 1 heterocycles. The van der Waals surface area contributed by atoms with Crippen molar-refractivity contribution in [3.63, 3.8) is 0 Å². The first-order valence-corrected chi connectivity index (χ1v) is 5.22. The van der Waals surface area contributed by atoms with Crippen LogP contribution in [0.2, 0.25) is 5.02 Å². The van der Waals surface area contributed by atoms with E-state index >= 15 is 0 Å². The minimum atomic E-state index is -0.766. The molecular formula is C11H15ClN2O2. The molecule has 1 atom stereocenters. The molecule has 5 heteroatoms. The number of carbonyl (C=O) groups is 1. The average molecular weight is 243 g/mol. The van der Waals surface area contributed by atoms with Crippen LogP contribution in [-0.4, -0.2) is 24.1 Å². The molecule has 0 spiro atoms. The van der Waals surface area contributed by atoms with Crippen molar-refractivity contribution >= 4 is 17.6 Å². The highest BCUT2D eigenvalue weighted by molar-refractivity contribution is 6.31. The van der Waals surface area contributed by atoms with E-state index in [1.165, 1.54) is 13.3 Å². The van der Waals surface area contributed by atoms with Crippen molar-refractivity contribution < 1.29 is 9.53 Å². The molecule has 0 saturated heterocycles. The van der Waals surface area contributed by atoms with Crippen LogP contribution in [0.3, 0.4) is 0 Å². The van der Waals surface area contributed by atoms with E-state index in [0.717, 1.165) is 5.56 Å². The minimum Gasteiger partial charge on any atom is -0.468 e. The Hall–Kier alpha value is -1.13. The summed E-state index contributed by atoms with van der Waals surface area (Å²) in [5.74, 6) is -0.460. The summed E-state index contributed by atoms with van der Waals surface area (Å²) in [6, 6.07) is 0.989. The number of carbonyl (C=O) groups excluding carboxylic acids is 1. The number of pyridine rings is 1. The number of nitrogens with zero attached hydrogens (tertiary/aromatic N) is 1. The van der Waals surface area contributed by atoms with Gasteiger partial charge in [-0.3, -0.25) is 9.78 Å². The normalized spacial score (nSPS) is 13.3. The molecule has 0 amide bonds. The second-order valence-corrected chi connectivity index (χ2v) is 4.49. The molecule has 1 aromatic heterocycles. The molecule has 0 saturated carbocycles. The van der Waals surface area contributed by atoms with E-state index in [4.69, 9.17) is 17.3 Å². The van der Waals surface area contributed by atoms with Crippen molar-refractivity contribution in [2.75, 3.05) is 7.11 Å². The lowest BCUT2D eigenvalue weighted by atomic mass is 9.78. The highest BCUT2D eigenvalue weighted by Crippen LogP contribution is 2.31. The van der Waals surface area contributed by atoms with Gasteiger partial charge in [0.15, 0.2) is 0 Å². The third-order valence-corrected chi connectivity index (χ3v) is 3.00. The van der Waals surface area contributed by atoms with E-state index in [9.17, 15) is 4.79 Å². The zero-order valence-corrected chi connectivity index (χ0v) is 10.3. The highest BCUT2D eigenvalue weighted by Gasteiger charge is 2.35. The maximum absolute atomic E-state index is 11.4. The Morgan fingerprint density at radius 3 is 2.75 bits per heavy atom. The molecule has 1 aromatic rings. The Morgan fingerprint density at radius 2 is 2.25 bits per heavy atom. The monoisotopic (exact) mass is 242 g/mol. The fourth-order valence-electron chi connectivity index (χ4n) is 1.49. The van der Waals surface area contributed by atoms with Crippen molar-refractivity contribution in [2.45, 2.75) is 25.3 Å². The van der Waals surface area contributed by atoms with Gasteiger partial charge in [-0.15, -0.1) is 0 Å². The number of esters is 1. The highest BCUT2D eigenvalue weighted by atomic mass is 35.5. The standard InChI is InChI=1S/C11H15ClN2O2/c1-11(2,9(13)10(15)16-3)7-4-5-14-6-8(7)12/h4-6,9H,13H2,1-3H3. The lowest BCUT2D eigenvalue weighted by molar-refractivity contribution is -0.143. The van der Waals surface area contributed by atoms with Crippen LogP contribution in [0.4, 0.5) is 0 Å². The summed E-state index contributed by atoms with van der Waals surface area (Å²) in [7, 11) is 1.31. The molecule has 0 radical (unpaired) electrons. The van der Waals surface area contributed by atoms with Gasteiger partial charge < -0.3 is 10.5 Å². The van der Waals surface area contributed by atoms with Gasteiger partial charge in [0.2, 0.25) is 0 Å². The molecule has 1 unspecified atom stereocenters. The van der Waals surface area contributed by atoms with Crippen molar-refractivity contribution in [3.8, 4) is 0 Å². The Balaban J connectivity index is 3.11. The van der Waals surface area contributed by atoms with Gasteiger partial charge in [0.05, 0.1) is 12.1 Å². The van der Waals surface area contributed by atoms with Crippen LogP contribution >= 0.6 is 11.6 Å². The first kappa shape index (κ1) is 12.9. The van der Waals surface area contributed by atoms with Crippen LogP contribution in [0.5, 0.6) is 0 Å². The quantitative estimate of drug-likeness (QED) is 0.816. The molecule has 0 aromatic carbocycles. The lowest BCUT2D eigenvalue weighted by Crippen LogP contribution is -2.47. The molecule has 16 heavy (non-hydrogen) atoms. The van der Waals surface area contributed by atoms with Crippen molar-refractivity contribution in [1.82, 2.24) is 4.98 Å². The Kier molecular flexibility index (Phi) is 3.88.